The lowest BCUT2D eigenvalue weighted by Gasteiger charge is -2.08. The van der Waals surface area contributed by atoms with E-state index in [1.165, 1.54) is 22.5 Å². The average Bonchev–Trinajstić information content (AvgIpc) is 2.79. The molecule has 0 saturated carbocycles. The number of aromatic nitrogens is 4. The molecule has 0 spiro atoms. The molecule has 0 aliphatic carbocycles. The summed E-state index contributed by atoms with van der Waals surface area (Å²) in [7, 11) is 3.17. The minimum absolute atomic E-state index is 0.0210. The van der Waals surface area contributed by atoms with Crippen molar-refractivity contribution in [1.82, 2.24) is 18.7 Å². The normalized spacial score (nSPS) is 16.6. The Labute approximate surface area is 118 Å². The molecule has 104 valence electrons. The Hall–Kier alpha value is -1.85. The number of hydrogen-bond donors (Lipinski definition) is 0. The summed E-state index contributed by atoms with van der Waals surface area (Å²) >= 11 is 0. The maximum atomic E-state index is 12.5. The summed E-state index contributed by atoms with van der Waals surface area (Å²) in [6, 6.07) is 0. The summed E-state index contributed by atoms with van der Waals surface area (Å²) in [6.07, 6.45) is -0.860. The molecule has 2 aromatic rings. The third-order valence-electron chi connectivity index (χ3n) is 3.06. The van der Waals surface area contributed by atoms with E-state index >= 15 is 0 Å². The van der Waals surface area contributed by atoms with Gasteiger partial charge in [-0.2, -0.15) is 0 Å². The zero-order valence-corrected chi connectivity index (χ0v) is 11.0. The number of aryl methyl sites for hydroxylation is 2. The first kappa shape index (κ1) is 8.35. The molecule has 0 fully saturated rings. The SMILES string of the molecule is [2H]C([2H])([2H])CC([2H])([2H])CCCn1c(=O)c2c(ncn2C)n(C)c1=O. The molecule has 0 unspecified atom stereocenters. The summed E-state index contributed by atoms with van der Waals surface area (Å²) in [4.78, 5) is 28.8. The molecule has 2 rings (SSSR count). The summed E-state index contributed by atoms with van der Waals surface area (Å²) in [5, 5.41) is 0. The molecule has 0 amide bonds. The predicted molar refractivity (Wildman–Crippen MR) is 74.4 cm³/mol. The molecule has 0 aliphatic heterocycles. The van der Waals surface area contributed by atoms with E-state index in [-0.39, 0.29) is 19.4 Å². The van der Waals surface area contributed by atoms with Crippen LogP contribution in [-0.2, 0) is 20.6 Å². The Morgan fingerprint density at radius 1 is 1.37 bits per heavy atom. The molecule has 19 heavy (non-hydrogen) atoms. The van der Waals surface area contributed by atoms with Crippen LogP contribution in [0.2, 0.25) is 0 Å². The Morgan fingerprint density at radius 3 is 2.89 bits per heavy atom. The summed E-state index contributed by atoms with van der Waals surface area (Å²) in [5.41, 5.74) is -0.420. The van der Waals surface area contributed by atoms with Gasteiger partial charge in [-0.1, -0.05) is 26.1 Å². The molecule has 6 heteroatoms. The molecular formula is C13H20N4O2. The molecule has 2 aromatic heterocycles. The first-order valence-corrected chi connectivity index (χ1v) is 6.04. The number of fused-ring (bicyclic) bond motifs is 1. The molecule has 0 N–H and O–H groups in total. The molecule has 0 atom stereocenters. The first-order chi connectivity index (χ1) is 10.9. The monoisotopic (exact) mass is 269 g/mol. The van der Waals surface area contributed by atoms with Crippen LogP contribution in [0, 0.1) is 0 Å². The second-order valence-corrected chi connectivity index (χ2v) is 4.36. The van der Waals surface area contributed by atoms with E-state index < -0.39 is 30.9 Å². The van der Waals surface area contributed by atoms with Crippen molar-refractivity contribution in [3.8, 4) is 0 Å². The Kier molecular flexibility index (Phi) is 2.38. The smallest absolute Gasteiger partial charge is 0.328 e. The molecule has 0 bridgehead atoms. The fourth-order valence-electron chi connectivity index (χ4n) is 2.04. The van der Waals surface area contributed by atoms with Crippen molar-refractivity contribution in [2.75, 3.05) is 0 Å². The van der Waals surface area contributed by atoms with Gasteiger partial charge in [-0.25, -0.2) is 9.78 Å². The Morgan fingerprint density at radius 2 is 2.16 bits per heavy atom. The number of imidazole rings is 1. The largest absolute Gasteiger partial charge is 0.332 e. The summed E-state index contributed by atoms with van der Waals surface area (Å²) in [6.45, 7) is -2.34. The van der Waals surface area contributed by atoms with Gasteiger partial charge >= 0.3 is 5.69 Å². The molecule has 0 aromatic carbocycles. The van der Waals surface area contributed by atoms with Crippen LogP contribution in [0.4, 0.5) is 0 Å². The molecule has 2 heterocycles. The highest BCUT2D eigenvalue weighted by molar-refractivity contribution is 5.69. The van der Waals surface area contributed by atoms with Crippen LogP contribution < -0.4 is 11.2 Å². The highest BCUT2D eigenvalue weighted by Crippen LogP contribution is 2.04. The van der Waals surface area contributed by atoms with E-state index in [9.17, 15) is 9.59 Å². The van der Waals surface area contributed by atoms with Gasteiger partial charge in [-0.05, 0) is 6.42 Å². The van der Waals surface area contributed by atoms with E-state index in [0.29, 0.717) is 11.2 Å². The minimum atomic E-state index is -2.36. The number of nitrogens with zero attached hydrogens (tertiary/aromatic N) is 4. The van der Waals surface area contributed by atoms with Crippen molar-refractivity contribution < 1.29 is 6.85 Å². The van der Waals surface area contributed by atoms with Crippen LogP contribution in [0.1, 0.15) is 39.3 Å². The average molecular weight is 269 g/mol. The molecular weight excluding hydrogens is 244 g/mol. The van der Waals surface area contributed by atoms with Gasteiger partial charge in [0.15, 0.2) is 11.2 Å². The molecule has 0 saturated heterocycles. The fourth-order valence-corrected chi connectivity index (χ4v) is 2.04. The van der Waals surface area contributed by atoms with E-state index in [1.807, 2.05) is 0 Å². The highest BCUT2D eigenvalue weighted by Gasteiger charge is 2.14. The third-order valence-corrected chi connectivity index (χ3v) is 3.06. The van der Waals surface area contributed by atoms with E-state index in [4.69, 9.17) is 6.85 Å². The van der Waals surface area contributed by atoms with Gasteiger partial charge in [0.25, 0.3) is 5.56 Å². The zero-order chi connectivity index (χ0) is 18.3. The van der Waals surface area contributed by atoms with Gasteiger partial charge in [0.2, 0.25) is 0 Å². The van der Waals surface area contributed by atoms with Crippen LogP contribution in [0.3, 0.4) is 0 Å². The minimum Gasteiger partial charge on any atom is -0.328 e. The van der Waals surface area contributed by atoms with Crippen molar-refractivity contribution in [2.24, 2.45) is 14.1 Å². The molecule has 6 nitrogen and oxygen atoms in total. The van der Waals surface area contributed by atoms with Crippen LogP contribution in [0.25, 0.3) is 11.2 Å². The third kappa shape index (κ3) is 2.34. The van der Waals surface area contributed by atoms with Gasteiger partial charge in [0.1, 0.15) is 0 Å². The van der Waals surface area contributed by atoms with Crippen LogP contribution in [-0.4, -0.2) is 18.7 Å². The van der Waals surface area contributed by atoms with Crippen molar-refractivity contribution in [3.05, 3.63) is 27.2 Å². The van der Waals surface area contributed by atoms with E-state index in [1.54, 1.807) is 7.05 Å². The Balaban J connectivity index is 2.24. The zero-order valence-electron chi connectivity index (χ0n) is 16.0. The molecule has 0 radical (unpaired) electrons. The maximum Gasteiger partial charge on any atom is 0.332 e. The summed E-state index contributed by atoms with van der Waals surface area (Å²) in [5.74, 6) is 0. The number of hydrogen-bond acceptors (Lipinski definition) is 3. The molecule has 0 aliphatic rings. The summed E-state index contributed by atoms with van der Waals surface area (Å²) < 4.78 is 40.8. The highest BCUT2D eigenvalue weighted by atomic mass is 16.2. The van der Waals surface area contributed by atoms with Crippen LogP contribution in [0.5, 0.6) is 0 Å². The van der Waals surface area contributed by atoms with Gasteiger partial charge in [-0.3, -0.25) is 13.9 Å². The van der Waals surface area contributed by atoms with E-state index in [2.05, 4.69) is 4.98 Å². The van der Waals surface area contributed by atoms with Gasteiger partial charge < -0.3 is 4.57 Å². The van der Waals surface area contributed by atoms with Crippen molar-refractivity contribution in [3.63, 3.8) is 0 Å². The topological polar surface area (TPSA) is 61.8 Å². The van der Waals surface area contributed by atoms with Crippen molar-refractivity contribution >= 4 is 11.2 Å². The van der Waals surface area contributed by atoms with Crippen molar-refractivity contribution in [1.29, 1.82) is 0 Å². The van der Waals surface area contributed by atoms with Gasteiger partial charge in [0, 0.05) is 27.5 Å². The first-order valence-electron chi connectivity index (χ1n) is 8.54. The second-order valence-electron chi connectivity index (χ2n) is 4.36. The lowest BCUT2D eigenvalue weighted by molar-refractivity contribution is 0.539. The lowest BCUT2D eigenvalue weighted by atomic mass is 10.2. The van der Waals surface area contributed by atoms with Crippen molar-refractivity contribution in [2.45, 2.75) is 39.0 Å². The maximum absolute atomic E-state index is 12.5. The quantitative estimate of drug-likeness (QED) is 0.814. The second kappa shape index (κ2) is 5.42. The predicted octanol–water partition coefficient (Wildman–Crippen LogP) is 1.01. The van der Waals surface area contributed by atoms with E-state index in [0.717, 1.165) is 4.57 Å². The van der Waals surface area contributed by atoms with Gasteiger partial charge in [-0.15, -0.1) is 0 Å². The Bertz CT molecular complexity index is 862. The van der Waals surface area contributed by atoms with Crippen LogP contribution in [0.15, 0.2) is 15.9 Å². The van der Waals surface area contributed by atoms with Crippen LogP contribution >= 0.6 is 0 Å². The van der Waals surface area contributed by atoms with Gasteiger partial charge in [0.05, 0.1) is 6.33 Å². The lowest BCUT2D eigenvalue weighted by Crippen LogP contribution is -2.39. The fraction of sp³-hybridized carbons (Fsp3) is 0.615. The standard InChI is InChI=1S/C13H20N4O2/c1-4-5-6-7-8-17-12(18)10-11(14-9-15(10)2)16(3)13(17)19/h9H,4-8H2,1-3H3/i1D3,5D2. The number of rotatable bonds is 5.